The smallest absolute Gasteiger partial charge is 0.305 e. The number of carbonyl (C=O) groups excluding carboxylic acids is 1. The van der Waals surface area contributed by atoms with Gasteiger partial charge in [0, 0.05) is 11.8 Å². The average molecular weight is 313 g/mol. The van der Waals surface area contributed by atoms with Crippen LogP contribution in [0.3, 0.4) is 0 Å². The quantitative estimate of drug-likeness (QED) is 0.413. The Bertz CT molecular complexity index is 346. The molecule has 0 N–H and O–H groups in total. The molecule has 0 fully saturated rings. The van der Waals surface area contributed by atoms with E-state index in [1.165, 1.54) is 11.1 Å². The second-order valence-electron chi connectivity index (χ2n) is 4.27. The first-order chi connectivity index (χ1) is 8.76. The van der Waals surface area contributed by atoms with Gasteiger partial charge in [0.15, 0.2) is 0 Å². The molecule has 0 saturated carbocycles. The van der Waals surface area contributed by atoms with Crippen LogP contribution in [0, 0.1) is 0 Å². The van der Waals surface area contributed by atoms with E-state index in [9.17, 15) is 4.79 Å². The number of halogens is 1. The highest BCUT2D eigenvalue weighted by molar-refractivity contribution is 9.09. The number of hydrogen-bond acceptors (Lipinski definition) is 2. The minimum Gasteiger partial charge on any atom is -0.466 e. The van der Waals surface area contributed by atoms with E-state index < -0.39 is 0 Å². The van der Waals surface area contributed by atoms with Gasteiger partial charge < -0.3 is 4.74 Å². The molecule has 0 radical (unpaired) electrons. The third-order valence-corrected chi connectivity index (χ3v) is 3.20. The van der Waals surface area contributed by atoms with Gasteiger partial charge in [-0.25, -0.2) is 0 Å². The Kier molecular flexibility index (Phi) is 7.74. The van der Waals surface area contributed by atoms with Gasteiger partial charge in [0.05, 0.1) is 6.61 Å². The molecule has 1 aromatic carbocycles. The Morgan fingerprint density at radius 2 is 1.72 bits per heavy atom. The summed E-state index contributed by atoms with van der Waals surface area (Å²) in [4.78, 5) is 11.1. The molecule has 2 nitrogen and oxygen atoms in total. The average Bonchev–Trinajstić information content (AvgIpc) is 2.37. The number of benzene rings is 1. The first-order valence-corrected chi connectivity index (χ1v) is 7.67. The Balaban J connectivity index is 2.21. The number of rotatable bonds is 8. The minimum absolute atomic E-state index is 0.0785. The molecular formula is C15H21BrO2. The summed E-state index contributed by atoms with van der Waals surface area (Å²) in [5.74, 6) is -0.0785. The summed E-state index contributed by atoms with van der Waals surface area (Å²) in [6.45, 7) is 2.32. The van der Waals surface area contributed by atoms with Crippen molar-refractivity contribution in [2.45, 2.75) is 39.0 Å². The Morgan fingerprint density at radius 3 is 2.28 bits per heavy atom. The molecule has 0 aliphatic carbocycles. The monoisotopic (exact) mass is 312 g/mol. The summed E-state index contributed by atoms with van der Waals surface area (Å²) in [7, 11) is 0. The predicted molar refractivity (Wildman–Crippen MR) is 78.1 cm³/mol. The number of ether oxygens (including phenoxy) is 1. The van der Waals surface area contributed by atoms with Gasteiger partial charge in [0.2, 0.25) is 0 Å². The lowest BCUT2D eigenvalue weighted by atomic mass is 10.0. The van der Waals surface area contributed by atoms with E-state index in [1.807, 2.05) is 6.92 Å². The zero-order valence-electron chi connectivity index (χ0n) is 11.0. The van der Waals surface area contributed by atoms with Crippen molar-refractivity contribution in [1.82, 2.24) is 0 Å². The number of alkyl halides is 1. The van der Waals surface area contributed by atoms with Gasteiger partial charge in [-0.2, -0.15) is 0 Å². The largest absolute Gasteiger partial charge is 0.466 e. The van der Waals surface area contributed by atoms with Crippen molar-refractivity contribution in [2.75, 3.05) is 11.9 Å². The maximum absolute atomic E-state index is 11.1. The topological polar surface area (TPSA) is 26.3 Å². The zero-order chi connectivity index (χ0) is 13.2. The van der Waals surface area contributed by atoms with Crippen LogP contribution in [-0.2, 0) is 22.4 Å². The van der Waals surface area contributed by atoms with Gasteiger partial charge in [-0.05, 0) is 43.7 Å². The van der Waals surface area contributed by atoms with E-state index in [-0.39, 0.29) is 5.97 Å². The molecule has 0 atom stereocenters. The van der Waals surface area contributed by atoms with Gasteiger partial charge in [0.25, 0.3) is 0 Å². The molecule has 0 heterocycles. The molecule has 0 unspecified atom stereocenters. The van der Waals surface area contributed by atoms with Gasteiger partial charge in [0.1, 0.15) is 0 Å². The highest BCUT2D eigenvalue weighted by Crippen LogP contribution is 2.10. The summed E-state index contributed by atoms with van der Waals surface area (Å²) in [5, 5.41) is 1.01. The van der Waals surface area contributed by atoms with E-state index in [0.29, 0.717) is 13.0 Å². The molecule has 0 saturated heterocycles. The van der Waals surface area contributed by atoms with Gasteiger partial charge in [-0.15, -0.1) is 0 Å². The molecule has 1 aromatic rings. The van der Waals surface area contributed by atoms with Crippen molar-refractivity contribution in [3.05, 3.63) is 35.4 Å². The molecule has 0 aliphatic rings. The van der Waals surface area contributed by atoms with Crippen LogP contribution in [0.4, 0.5) is 0 Å². The predicted octanol–water partition coefficient (Wildman–Crippen LogP) is 3.90. The Hall–Kier alpha value is -0.830. The van der Waals surface area contributed by atoms with Crippen molar-refractivity contribution in [2.24, 2.45) is 0 Å². The molecule has 0 bridgehead atoms. The summed E-state index contributed by atoms with van der Waals surface area (Å²) in [5.41, 5.74) is 2.71. The lowest BCUT2D eigenvalue weighted by molar-refractivity contribution is -0.143. The van der Waals surface area contributed by atoms with E-state index in [2.05, 4.69) is 40.2 Å². The van der Waals surface area contributed by atoms with Crippen LogP contribution in [0.5, 0.6) is 0 Å². The second-order valence-corrected chi connectivity index (χ2v) is 5.06. The number of hydrogen-bond donors (Lipinski definition) is 0. The highest BCUT2D eigenvalue weighted by atomic mass is 79.9. The van der Waals surface area contributed by atoms with E-state index in [4.69, 9.17) is 4.74 Å². The number of unbranched alkanes of at least 4 members (excludes halogenated alkanes) is 1. The van der Waals surface area contributed by atoms with Crippen molar-refractivity contribution < 1.29 is 9.53 Å². The zero-order valence-corrected chi connectivity index (χ0v) is 12.5. The normalized spacial score (nSPS) is 10.3. The maximum Gasteiger partial charge on any atom is 0.305 e. The molecule has 18 heavy (non-hydrogen) atoms. The van der Waals surface area contributed by atoms with E-state index in [1.54, 1.807) is 0 Å². The van der Waals surface area contributed by atoms with Gasteiger partial charge >= 0.3 is 5.97 Å². The molecule has 0 spiro atoms. The van der Waals surface area contributed by atoms with Crippen LogP contribution in [0.15, 0.2) is 24.3 Å². The van der Waals surface area contributed by atoms with Crippen LogP contribution in [0.25, 0.3) is 0 Å². The Morgan fingerprint density at radius 1 is 1.11 bits per heavy atom. The molecule has 0 amide bonds. The molecule has 1 rings (SSSR count). The minimum atomic E-state index is -0.0785. The van der Waals surface area contributed by atoms with Crippen LogP contribution < -0.4 is 0 Å². The summed E-state index contributed by atoms with van der Waals surface area (Å²) >= 11 is 3.44. The van der Waals surface area contributed by atoms with Crippen molar-refractivity contribution in [1.29, 1.82) is 0 Å². The molecule has 0 aromatic heterocycles. The standard InChI is InChI=1S/C15H21BrO2/c1-2-18-15(17)6-4-3-5-13-7-9-14(10-8-13)11-12-16/h7-10H,2-6,11-12H2,1H3. The first kappa shape index (κ1) is 15.2. The van der Waals surface area contributed by atoms with Gasteiger partial charge in [-0.3, -0.25) is 4.79 Å². The number of esters is 1. The molecule has 0 aliphatic heterocycles. The SMILES string of the molecule is CCOC(=O)CCCCc1ccc(CCBr)cc1. The second kappa shape index (κ2) is 9.15. The summed E-state index contributed by atoms with van der Waals surface area (Å²) < 4.78 is 4.89. The van der Waals surface area contributed by atoms with Crippen LogP contribution in [0.1, 0.15) is 37.3 Å². The van der Waals surface area contributed by atoms with Gasteiger partial charge in [-0.1, -0.05) is 40.2 Å². The Labute approximate surface area is 118 Å². The first-order valence-electron chi connectivity index (χ1n) is 6.55. The van der Waals surface area contributed by atoms with Crippen LogP contribution in [-0.4, -0.2) is 17.9 Å². The number of carbonyl (C=O) groups is 1. The summed E-state index contributed by atoms with van der Waals surface area (Å²) in [6.07, 6.45) is 4.59. The third kappa shape index (κ3) is 6.20. The lowest BCUT2D eigenvalue weighted by Crippen LogP contribution is -2.03. The third-order valence-electron chi connectivity index (χ3n) is 2.81. The van der Waals surface area contributed by atoms with Crippen LogP contribution >= 0.6 is 15.9 Å². The molecular weight excluding hydrogens is 292 g/mol. The fraction of sp³-hybridized carbons (Fsp3) is 0.533. The fourth-order valence-electron chi connectivity index (χ4n) is 1.81. The molecule has 100 valence electrons. The lowest BCUT2D eigenvalue weighted by Gasteiger charge is -2.04. The summed E-state index contributed by atoms with van der Waals surface area (Å²) in [6, 6.07) is 8.73. The number of aryl methyl sites for hydroxylation is 2. The van der Waals surface area contributed by atoms with E-state index >= 15 is 0 Å². The fourth-order valence-corrected chi connectivity index (χ4v) is 2.27. The van der Waals surface area contributed by atoms with Crippen molar-refractivity contribution in [3.63, 3.8) is 0 Å². The van der Waals surface area contributed by atoms with E-state index in [0.717, 1.165) is 31.0 Å². The van der Waals surface area contributed by atoms with Crippen LogP contribution in [0.2, 0.25) is 0 Å². The molecule has 3 heteroatoms. The maximum atomic E-state index is 11.1. The highest BCUT2D eigenvalue weighted by Gasteiger charge is 2.01. The van der Waals surface area contributed by atoms with Crippen molar-refractivity contribution >= 4 is 21.9 Å². The van der Waals surface area contributed by atoms with Crippen molar-refractivity contribution in [3.8, 4) is 0 Å².